The monoisotopic (exact) mass is 321 g/mol. The third-order valence-electron chi connectivity index (χ3n) is 4.47. The molecular formula is C18H19N5O. The fourth-order valence-corrected chi connectivity index (χ4v) is 3.16. The summed E-state index contributed by atoms with van der Waals surface area (Å²) < 4.78 is 1.77. The van der Waals surface area contributed by atoms with Crippen molar-refractivity contribution in [1.82, 2.24) is 25.1 Å². The quantitative estimate of drug-likeness (QED) is 0.794. The minimum absolute atomic E-state index is 0.0117. The number of rotatable bonds is 4. The van der Waals surface area contributed by atoms with Crippen LogP contribution in [0, 0.1) is 0 Å². The Morgan fingerprint density at radius 2 is 2.17 bits per heavy atom. The molecule has 3 aromatic heterocycles. The van der Waals surface area contributed by atoms with E-state index in [2.05, 4.69) is 26.4 Å². The highest BCUT2D eigenvalue weighted by molar-refractivity contribution is 5.88. The smallest absolute Gasteiger partial charge is 0.155 e. The minimum Gasteiger partial charge on any atom is -0.307 e. The highest BCUT2D eigenvalue weighted by Crippen LogP contribution is 2.22. The van der Waals surface area contributed by atoms with Gasteiger partial charge in [0.15, 0.2) is 5.78 Å². The van der Waals surface area contributed by atoms with Gasteiger partial charge in [-0.15, -0.1) is 0 Å². The second-order valence-electron chi connectivity index (χ2n) is 6.29. The molecule has 1 aliphatic rings. The molecule has 6 heteroatoms. The Balaban J connectivity index is 1.62. The van der Waals surface area contributed by atoms with Crippen molar-refractivity contribution in [1.29, 1.82) is 0 Å². The molecule has 4 heterocycles. The lowest BCUT2D eigenvalue weighted by Crippen LogP contribution is -2.32. The van der Waals surface area contributed by atoms with Crippen LogP contribution in [0.25, 0.3) is 22.0 Å². The van der Waals surface area contributed by atoms with E-state index in [4.69, 9.17) is 0 Å². The summed E-state index contributed by atoms with van der Waals surface area (Å²) in [5, 5.41) is 8.44. The number of nitrogens with one attached hydrogen (secondary N) is 1. The van der Waals surface area contributed by atoms with Crippen LogP contribution in [-0.2, 0) is 18.3 Å². The summed E-state index contributed by atoms with van der Waals surface area (Å²) >= 11 is 0. The van der Waals surface area contributed by atoms with E-state index in [1.165, 1.54) is 0 Å². The highest BCUT2D eigenvalue weighted by Gasteiger charge is 2.22. The largest absolute Gasteiger partial charge is 0.307 e. The number of hydrogen-bond donors (Lipinski definition) is 1. The number of aromatic nitrogens is 4. The number of carbonyl (C=O) groups is 1. The molecule has 122 valence electrons. The number of nitrogens with zero attached hydrogens (tertiary/aromatic N) is 4. The van der Waals surface area contributed by atoms with Gasteiger partial charge < -0.3 is 5.32 Å². The molecule has 1 aliphatic heterocycles. The van der Waals surface area contributed by atoms with Gasteiger partial charge in [0.1, 0.15) is 0 Å². The zero-order valence-corrected chi connectivity index (χ0v) is 13.6. The van der Waals surface area contributed by atoms with E-state index < -0.39 is 0 Å². The lowest BCUT2D eigenvalue weighted by Gasteiger charge is -2.09. The van der Waals surface area contributed by atoms with Crippen LogP contribution in [0.1, 0.15) is 18.5 Å². The first-order chi connectivity index (χ1) is 11.7. The van der Waals surface area contributed by atoms with Gasteiger partial charge in [0.05, 0.1) is 30.4 Å². The van der Waals surface area contributed by atoms with E-state index in [9.17, 15) is 4.79 Å². The number of Topliss-reactive ketones (excluding diaryl/α,β-unsaturated/α-hetero) is 1. The van der Waals surface area contributed by atoms with Crippen molar-refractivity contribution in [2.24, 2.45) is 7.05 Å². The Bertz CT molecular complexity index is 895. The Morgan fingerprint density at radius 1 is 1.25 bits per heavy atom. The van der Waals surface area contributed by atoms with Crippen molar-refractivity contribution >= 4 is 16.7 Å². The molecule has 1 saturated heterocycles. The summed E-state index contributed by atoms with van der Waals surface area (Å²) in [6, 6.07) is 4.03. The molecule has 0 saturated carbocycles. The van der Waals surface area contributed by atoms with Crippen molar-refractivity contribution in [3.05, 3.63) is 42.6 Å². The van der Waals surface area contributed by atoms with E-state index in [0.29, 0.717) is 6.42 Å². The van der Waals surface area contributed by atoms with Gasteiger partial charge >= 0.3 is 0 Å². The van der Waals surface area contributed by atoms with Gasteiger partial charge in [-0.1, -0.05) is 0 Å². The lowest BCUT2D eigenvalue weighted by atomic mass is 10.0. The summed E-state index contributed by atoms with van der Waals surface area (Å²) in [6.45, 7) is 0.931. The third-order valence-corrected chi connectivity index (χ3v) is 4.47. The summed E-state index contributed by atoms with van der Waals surface area (Å²) in [6.07, 6.45) is 9.71. The standard InChI is InChI=1S/C18H19N5O/c1-23-11-14(9-22-23)13-5-12-6-15(20-10-17(12)21-8-13)7-18(24)16-3-2-4-19-16/h5-6,8-11,16,19H,2-4,7H2,1H3/t16-/m1/s1. The van der Waals surface area contributed by atoms with E-state index in [1.807, 2.05) is 31.7 Å². The second-order valence-corrected chi connectivity index (χ2v) is 6.29. The number of carbonyl (C=O) groups excluding carboxylic acids is 1. The van der Waals surface area contributed by atoms with Gasteiger partial charge in [-0.2, -0.15) is 5.10 Å². The molecule has 4 rings (SSSR count). The zero-order chi connectivity index (χ0) is 16.5. The Labute approximate surface area is 139 Å². The number of fused-ring (bicyclic) bond motifs is 1. The maximum absolute atomic E-state index is 12.3. The number of hydrogen-bond acceptors (Lipinski definition) is 5. The van der Waals surface area contributed by atoms with Gasteiger partial charge in [-0.3, -0.25) is 19.4 Å². The number of aryl methyl sites for hydroxylation is 1. The zero-order valence-electron chi connectivity index (χ0n) is 13.6. The van der Waals surface area contributed by atoms with Gasteiger partial charge in [0.25, 0.3) is 0 Å². The summed E-state index contributed by atoms with van der Waals surface area (Å²) in [5.41, 5.74) is 3.66. The molecule has 0 spiro atoms. The van der Waals surface area contributed by atoms with Gasteiger partial charge in [-0.25, -0.2) is 0 Å². The fourth-order valence-electron chi connectivity index (χ4n) is 3.16. The number of pyridine rings is 2. The Morgan fingerprint density at radius 3 is 2.92 bits per heavy atom. The van der Waals surface area contributed by atoms with Crippen molar-refractivity contribution in [3.63, 3.8) is 0 Å². The van der Waals surface area contributed by atoms with Gasteiger partial charge in [0, 0.05) is 41.6 Å². The predicted octanol–water partition coefficient (Wildman–Crippen LogP) is 1.89. The highest BCUT2D eigenvalue weighted by atomic mass is 16.1. The molecule has 0 radical (unpaired) electrons. The Hall–Kier alpha value is -2.60. The lowest BCUT2D eigenvalue weighted by molar-refractivity contribution is -0.120. The fraction of sp³-hybridized carbons (Fsp3) is 0.333. The van der Waals surface area contributed by atoms with E-state index in [-0.39, 0.29) is 11.8 Å². The van der Waals surface area contributed by atoms with Crippen LogP contribution < -0.4 is 5.32 Å². The first-order valence-electron chi connectivity index (χ1n) is 8.19. The predicted molar refractivity (Wildman–Crippen MR) is 91.5 cm³/mol. The van der Waals surface area contributed by atoms with Gasteiger partial charge in [-0.05, 0) is 31.5 Å². The Kier molecular flexibility index (Phi) is 3.82. The average molecular weight is 321 g/mol. The topological polar surface area (TPSA) is 72.7 Å². The van der Waals surface area contributed by atoms with Crippen molar-refractivity contribution in [2.45, 2.75) is 25.3 Å². The maximum atomic E-state index is 12.3. The first-order valence-corrected chi connectivity index (χ1v) is 8.19. The van der Waals surface area contributed by atoms with Crippen LogP contribution >= 0.6 is 0 Å². The molecule has 3 aromatic rings. The van der Waals surface area contributed by atoms with Gasteiger partial charge in [0.2, 0.25) is 0 Å². The third kappa shape index (κ3) is 2.92. The van der Waals surface area contributed by atoms with Crippen molar-refractivity contribution in [2.75, 3.05) is 6.54 Å². The molecule has 24 heavy (non-hydrogen) atoms. The van der Waals surface area contributed by atoms with Crippen molar-refractivity contribution in [3.8, 4) is 11.1 Å². The summed E-state index contributed by atoms with van der Waals surface area (Å²) in [4.78, 5) is 21.2. The second kappa shape index (κ2) is 6.13. The summed E-state index contributed by atoms with van der Waals surface area (Å²) in [7, 11) is 1.89. The SMILES string of the molecule is Cn1cc(-c2cnc3cnc(CC(=O)[C@H]4CCCN4)cc3c2)cn1. The average Bonchev–Trinajstić information content (AvgIpc) is 3.25. The maximum Gasteiger partial charge on any atom is 0.155 e. The number of ketones is 1. The molecular weight excluding hydrogens is 302 g/mol. The van der Waals surface area contributed by atoms with Crippen LogP contribution in [0.4, 0.5) is 0 Å². The normalized spacial score (nSPS) is 17.5. The molecule has 1 atom stereocenters. The van der Waals surface area contributed by atoms with E-state index in [0.717, 1.165) is 47.1 Å². The van der Waals surface area contributed by atoms with Crippen LogP contribution in [-0.4, -0.2) is 38.1 Å². The van der Waals surface area contributed by atoms with Crippen molar-refractivity contribution < 1.29 is 4.79 Å². The molecule has 0 bridgehead atoms. The molecule has 1 fully saturated rings. The van der Waals surface area contributed by atoms with E-state index >= 15 is 0 Å². The molecule has 0 aliphatic carbocycles. The minimum atomic E-state index is -0.0117. The van der Waals surface area contributed by atoms with Crippen LogP contribution in [0.15, 0.2) is 36.9 Å². The molecule has 6 nitrogen and oxygen atoms in total. The molecule has 0 aromatic carbocycles. The first kappa shape index (κ1) is 15.0. The van der Waals surface area contributed by atoms with Crippen LogP contribution in [0.3, 0.4) is 0 Å². The van der Waals surface area contributed by atoms with E-state index in [1.54, 1.807) is 10.9 Å². The summed E-state index contributed by atoms with van der Waals surface area (Å²) in [5.74, 6) is 0.218. The molecule has 0 amide bonds. The molecule has 1 N–H and O–H groups in total. The van der Waals surface area contributed by atoms with Crippen LogP contribution in [0.2, 0.25) is 0 Å². The van der Waals surface area contributed by atoms with Crippen LogP contribution in [0.5, 0.6) is 0 Å². The molecule has 0 unspecified atom stereocenters.